The Morgan fingerprint density at radius 2 is 1.86 bits per heavy atom. The summed E-state index contributed by atoms with van der Waals surface area (Å²) >= 11 is 0. The van der Waals surface area contributed by atoms with Crippen molar-refractivity contribution in [2.24, 2.45) is 0 Å². The summed E-state index contributed by atoms with van der Waals surface area (Å²) in [5, 5.41) is 13.1. The summed E-state index contributed by atoms with van der Waals surface area (Å²) in [7, 11) is -7.39. The molecule has 1 aromatic carbocycles. The van der Waals surface area contributed by atoms with Gasteiger partial charge in [0, 0.05) is 18.7 Å². The maximum Gasteiger partial charge on any atom is 0.285 e. The Hall–Kier alpha value is -1.28. The monoisotopic (exact) mass is 336 g/mol. The van der Waals surface area contributed by atoms with Crippen LogP contribution in [0.1, 0.15) is 13.8 Å². The SMILES string of the molecule is CCNP(=O)(CS(=O)(=O)c1ccc([N+](=O)[O-])cc1)OCC. The average Bonchev–Trinajstić information content (AvgIpc) is 2.38. The summed E-state index contributed by atoms with van der Waals surface area (Å²) in [6.45, 7) is 3.71. The topological polar surface area (TPSA) is 116 Å². The van der Waals surface area contributed by atoms with Crippen LogP contribution in [0.3, 0.4) is 0 Å². The van der Waals surface area contributed by atoms with E-state index in [9.17, 15) is 23.1 Å². The average molecular weight is 336 g/mol. The Balaban J connectivity index is 3.04. The van der Waals surface area contributed by atoms with Gasteiger partial charge in [-0.25, -0.2) is 13.5 Å². The van der Waals surface area contributed by atoms with Crippen LogP contribution < -0.4 is 5.09 Å². The molecule has 0 spiro atoms. The highest BCUT2D eigenvalue weighted by atomic mass is 32.2. The van der Waals surface area contributed by atoms with Crippen molar-refractivity contribution in [2.75, 3.05) is 18.6 Å². The molecular weight excluding hydrogens is 319 g/mol. The lowest BCUT2D eigenvalue weighted by Crippen LogP contribution is -2.19. The molecule has 0 heterocycles. The molecule has 0 amide bonds. The highest BCUT2D eigenvalue weighted by Crippen LogP contribution is 2.44. The van der Waals surface area contributed by atoms with Gasteiger partial charge < -0.3 is 4.52 Å². The van der Waals surface area contributed by atoms with Crippen LogP contribution in [0.15, 0.2) is 29.2 Å². The summed E-state index contributed by atoms with van der Waals surface area (Å²) in [6, 6.07) is 4.42. The van der Waals surface area contributed by atoms with E-state index in [1.54, 1.807) is 13.8 Å². The lowest BCUT2D eigenvalue weighted by molar-refractivity contribution is -0.384. The van der Waals surface area contributed by atoms with E-state index in [1.165, 1.54) is 0 Å². The third-order valence-electron chi connectivity index (χ3n) is 2.48. The third-order valence-corrected chi connectivity index (χ3v) is 7.67. The molecule has 0 aliphatic carbocycles. The zero-order valence-corrected chi connectivity index (χ0v) is 13.4. The molecule has 0 saturated heterocycles. The van der Waals surface area contributed by atoms with Crippen molar-refractivity contribution >= 4 is 23.0 Å². The van der Waals surface area contributed by atoms with Crippen molar-refractivity contribution in [1.82, 2.24) is 5.09 Å². The minimum atomic E-state index is -3.88. The fourth-order valence-corrected chi connectivity index (χ4v) is 6.24. The van der Waals surface area contributed by atoms with Crippen LogP contribution in [0.5, 0.6) is 0 Å². The van der Waals surface area contributed by atoms with Crippen LogP contribution in [0.2, 0.25) is 0 Å². The van der Waals surface area contributed by atoms with Crippen molar-refractivity contribution in [2.45, 2.75) is 18.7 Å². The van der Waals surface area contributed by atoms with E-state index in [-0.39, 0.29) is 17.2 Å². The van der Waals surface area contributed by atoms with Gasteiger partial charge in [-0.3, -0.25) is 14.7 Å². The quantitative estimate of drug-likeness (QED) is 0.439. The predicted octanol–water partition coefficient (Wildman–Crippen LogP) is 2.17. The van der Waals surface area contributed by atoms with Gasteiger partial charge in [-0.1, -0.05) is 6.92 Å². The number of sulfone groups is 1. The van der Waals surface area contributed by atoms with E-state index in [2.05, 4.69) is 5.09 Å². The van der Waals surface area contributed by atoms with Crippen LogP contribution in [0.25, 0.3) is 0 Å². The van der Waals surface area contributed by atoms with E-state index in [0.29, 0.717) is 6.54 Å². The smallest absolute Gasteiger partial charge is 0.285 e. The Morgan fingerprint density at radius 1 is 1.29 bits per heavy atom. The van der Waals surface area contributed by atoms with E-state index in [4.69, 9.17) is 4.52 Å². The predicted molar refractivity (Wildman–Crippen MR) is 78.1 cm³/mol. The second-order valence-electron chi connectivity index (χ2n) is 4.10. The van der Waals surface area contributed by atoms with Gasteiger partial charge in [0.25, 0.3) is 13.2 Å². The fraction of sp³-hybridized carbons (Fsp3) is 0.455. The second-order valence-corrected chi connectivity index (χ2v) is 8.75. The number of nitro benzene ring substituents is 1. The number of nitrogens with zero attached hydrogens (tertiary/aromatic N) is 1. The van der Waals surface area contributed by atoms with E-state index in [0.717, 1.165) is 24.3 Å². The van der Waals surface area contributed by atoms with Crippen LogP contribution in [-0.2, 0) is 18.9 Å². The zero-order chi connectivity index (χ0) is 16.1. The summed E-state index contributed by atoms with van der Waals surface area (Å²) in [5.74, 6) is 0. The molecule has 0 radical (unpaired) electrons. The highest BCUT2D eigenvalue weighted by Gasteiger charge is 2.31. The number of nitro groups is 1. The molecular formula is C11H17N2O6PS. The van der Waals surface area contributed by atoms with Gasteiger partial charge >= 0.3 is 0 Å². The Labute approximate surface area is 123 Å². The molecule has 0 aromatic heterocycles. The van der Waals surface area contributed by atoms with Crippen molar-refractivity contribution in [3.63, 3.8) is 0 Å². The second kappa shape index (κ2) is 7.13. The molecule has 10 heteroatoms. The first-order chi connectivity index (χ1) is 9.74. The summed E-state index contributed by atoms with van der Waals surface area (Å²) < 4.78 is 41.8. The molecule has 0 fully saturated rings. The maximum atomic E-state index is 12.4. The molecule has 0 aliphatic rings. The first-order valence-corrected chi connectivity index (χ1v) is 9.66. The molecule has 0 bridgehead atoms. The molecule has 1 atom stereocenters. The number of rotatable bonds is 8. The normalized spacial score (nSPS) is 14.6. The molecule has 118 valence electrons. The van der Waals surface area contributed by atoms with Crippen molar-refractivity contribution in [3.8, 4) is 0 Å². The van der Waals surface area contributed by atoms with Gasteiger partial charge in [-0.15, -0.1) is 0 Å². The van der Waals surface area contributed by atoms with Gasteiger partial charge in [0.15, 0.2) is 9.84 Å². The molecule has 0 saturated carbocycles. The molecule has 8 nitrogen and oxygen atoms in total. The standard InChI is InChI=1S/C11H17N2O6PS/c1-3-12-20(16,19-4-2)9-21(17,18)11-7-5-10(6-8-11)13(14)15/h5-8H,3-4,9H2,1-2H3,(H,12,16). The third kappa shape index (κ3) is 4.89. The van der Waals surface area contributed by atoms with E-state index in [1.807, 2.05) is 0 Å². The number of hydrogen-bond acceptors (Lipinski definition) is 6. The van der Waals surface area contributed by atoms with Crippen LogP contribution in [0, 0.1) is 10.1 Å². The molecule has 1 rings (SSSR count). The summed E-state index contributed by atoms with van der Waals surface area (Å²) in [4.78, 5) is 9.78. The number of nitrogens with one attached hydrogen (secondary N) is 1. The van der Waals surface area contributed by atoms with E-state index >= 15 is 0 Å². The first kappa shape index (κ1) is 17.8. The lowest BCUT2D eigenvalue weighted by atomic mass is 10.3. The Bertz CT molecular complexity index is 633. The van der Waals surface area contributed by atoms with Gasteiger partial charge in [-0.05, 0) is 19.1 Å². The van der Waals surface area contributed by atoms with Crippen molar-refractivity contribution in [1.29, 1.82) is 0 Å². The van der Waals surface area contributed by atoms with Crippen LogP contribution in [0.4, 0.5) is 5.69 Å². The number of non-ortho nitro benzene ring substituents is 1. The maximum absolute atomic E-state index is 12.4. The lowest BCUT2D eigenvalue weighted by Gasteiger charge is -2.18. The largest absolute Gasteiger partial charge is 0.317 e. The van der Waals surface area contributed by atoms with Crippen molar-refractivity contribution < 1.29 is 22.4 Å². The Morgan fingerprint density at radius 3 is 2.29 bits per heavy atom. The van der Waals surface area contributed by atoms with Gasteiger partial charge in [0.2, 0.25) is 0 Å². The fourth-order valence-electron chi connectivity index (χ4n) is 1.65. The van der Waals surface area contributed by atoms with E-state index < -0.39 is 27.8 Å². The first-order valence-electron chi connectivity index (χ1n) is 6.20. The number of hydrogen-bond donors (Lipinski definition) is 1. The summed E-state index contributed by atoms with van der Waals surface area (Å²) in [6.07, 6.45) is 0. The Kier molecular flexibility index (Phi) is 6.03. The number of benzene rings is 1. The zero-order valence-electron chi connectivity index (χ0n) is 11.7. The van der Waals surface area contributed by atoms with Crippen LogP contribution in [-0.4, -0.2) is 32.0 Å². The van der Waals surface area contributed by atoms with Crippen LogP contribution >= 0.6 is 7.52 Å². The highest BCUT2D eigenvalue weighted by molar-refractivity contribution is 7.98. The van der Waals surface area contributed by atoms with Gasteiger partial charge in [0.05, 0.1) is 16.4 Å². The molecule has 1 unspecified atom stereocenters. The van der Waals surface area contributed by atoms with Crippen molar-refractivity contribution in [3.05, 3.63) is 34.4 Å². The minimum Gasteiger partial charge on any atom is -0.317 e. The van der Waals surface area contributed by atoms with Gasteiger partial charge in [-0.2, -0.15) is 0 Å². The minimum absolute atomic E-state index is 0.111. The molecule has 1 N–H and O–H groups in total. The molecule has 0 aliphatic heterocycles. The molecule has 1 aromatic rings. The summed E-state index contributed by atoms with van der Waals surface area (Å²) in [5.41, 5.74) is -0.909. The molecule has 21 heavy (non-hydrogen) atoms. The van der Waals surface area contributed by atoms with Gasteiger partial charge in [0.1, 0.15) is 5.49 Å².